The lowest BCUT2D eigenvalue weighted by Gasteiger charge is -2.07. The van der Waals surface area contributed by atoms with E-state index in [4.69, 9.17) is 0 Å². The molecule has 1 heterocycles. The summed E-state index contributed by atoms with van der Waals surface area (Å²) >= 11 is 0. The zero-order valence-corrected chi connectivity index (χ0v) is 10.9. The normalized spacial score (nSPS) is 17.1. The third kappa shape index (κ3) is 2.13. The molecule has 3 heteroatoms. The molecule has 1 aliphatic rings. The number of hydrazine groups is 1. The maximum atomic E-state index is 11.6. The van der Waals surface area contributed by atoms with E-state index in [-0.39, 0.29) is 5.91 Å². The Morgan fingerprint density at radius 2 is 1.95 bits per heavy atom. The minimum absolute atomic E-state index is 0.0383. The van der Waals surface area contributed by atoms with Crippen molar-refractivity contribution in [2.75, 3.05) is 6.54 Å². The first-order valence-corrected chi connectivity index (χ1v) is 6.54. The second kappa shape index (κ2) is 4.86. The summed E-state index contributed by atoms with van der Waals surface area (Å²) in [6.07, 6.45) is 2.98. The summed E-state index contributed by atoms with van der Waals surface area (Å²) in [5.74, 6) is -0.0383. The van der Waals surface area contributed by atoms with Crippen LogP contribution in [0.5, 0.6) is 0 Å². The molecule has 2 aromatic rings. The highest BCUT2D eigenvalue weighted by Gasteiger charge is 2.15. The number of hydrogen-bond donors (Lipinski definition) is 2. The van der Waals surface area contributed by atoms with Crippen LogP contribution in [0.2, 0.25) is 0 Å². The molecule has 19 heavy (non-hydrogen) atoms. The molecule has 0 unspecified atom stereocenters. The van der Waals surface area contributed by atoms with Crippen LogP contribution in [0.3, 0.4) is 0 Å². The molecule has 0 aromatic heterocycles. The van der Waals surface area contributed by atoms with Crippen LogP contribution in [0.15, 0.2) is 42.0 Å². The lowest BCUT2D eigenvalue weighted by atomic mass is 9.97. The molecule has 2 aromatic carbocycles. The minimum Gasteiger partial charge on any atom is -0.287 e. The number of carbonyl (C=O) groups is 1. The fraction of sp³-hybridized carbons (Fsp3) is 0.188. The summed E-state index contributed by atoms with van der Waals surface area (Å²) in [5.41, 5.74) is 8.66. The van der Waals surface area contributed by atoms with Gasteiger partial charge in [-0.15, -0.1) is 0 Å². The topological polar surface area (TPSA) is 41.1 Å². The molecule has 2 N–H and O–H groups in total. The van der Waals surface area contributed by atoms with E-state index in [0.717, 1.165) is 17.6 Å². The number of nitrogens with one attached hydrogen (secondary N) is 2. The van der Waals surface area contributed by atoms with Crippen LogP contribution in [0.1, 0.15) is 18.1 Å². The van der Waals surface area contributed by atoms with E-state index >= 15 is 0 Å². The van der Waals surface area contributed by atoms with Gasteiger partial charge in [-0.3, -0.25) is 10.2 Å². The van der Waals surface area contributed by atoms with Gasteiger partial charge in [0, 0.05) is 12.1 Å². The second-order valence-electron chi connectivity index (χ2n) is 4.69. The van der Waals surface area contributed by atoms with Crippen molar-refractivity contribution < 1.29 is 4.79 Å². The van der Waals surface area contributed by atoms with Gasteiger partial charge in [0.2, 0.25) is 0 Å². The van der Waals surface area contributed by atoms with Crippen LogP contribution < -0.4 is 10.9 Å². The number of benzene rings is 2. The maximum absolute atomic E-state index is 11.6. The average Bonchev–Trinajstić information content (AvgIpc) is 2.84. The fourth-order valence-electron chi connectivity index (χ4n) is 2.52. The Kier molecular flexibility index (Phi) is 3.05. The summed E-state index contributed by atoms with van der Waals surface area (Å²) in [5, 5.41) is 2.47. The number of fused-ring (bicyclic) bond motifs is 1. The van der Waals surface area contributed by atoms with Crippen molar-refractivity contribution in [3.05, 3.63) is 53.1 Å². The van der Waals surface area contributed by atoms with Crippen LogP contribution in [0.25, 0.3) is 16.8 Å². The molecule has 3 rings (SSSR count). The van der Waals surface area contributed by atoms with Crippen LogP contribution >= 0.6 is 0 Å². The van der Waals surface area contributed by atoms with Gasteiger partial charge in [0.1, 0.15) is 0 Å². The Bertz CT molecular complexity index is 674. The van der Waals surface area contributed by atoms with E-state index in [0.29, 0.717) is 6.54 Å². The SMILES string of the molecule is CCc1cccc2c(/C=C3\CNNC3=O)cccc12. The second-order valence-corrected chi connectivity index (χ2v) is 4.69. The first-order chi connectivity index (χ1) is 9.29. The van der Waals surface area contributed by atoms with Gasteiger partial charge in [0.15, 0.2) is 0 Å². The Balaban J connectivity index is 2.17. The summed E-state index contributed by atoms with van der Waals surface area (Å²) in [7, 11) is 0. The monoisotopic (exact) mass is 252 g/mol. The van der Waals surface area contributed by atoms with Gasteiger partial charge in [0.05, 0.1) is 0 Å². The van der Waals surface area contributed by atoms with E-state index in [1.54, 1.807) is 0 Å². The minimum atomic E-state index is -0.0383. The molecule has 96 valence electrons. The highest BCUT2D eigenvalue weighted by Crippen LogP contribution is 2.24. The van der Waals surface area contributed by atoms with Crippen molar-refractivity contribution in [2.45, 2.75) is 13.3 Å². The smallest absolute Gasteiger partial charge is 0.262 e. The largest absolute Gasteiger partial charge is 0.287 e. The Morgan fingerprint density at radius 3 is 2.68 bits per heavy atom. The molecular formula is C16H16N2O. The number of carbonyl (C=O) groups excluding carboxylic acids is 1. The summed E-state index contributed by atoms with van der Waals surface area (Å²) < 4.78 is 0. The lowest BCUT2D eigenvalue weighted by molar-refractivity contribution is -0.116. The predicted molar refractivity (Wildman–Crippen MR) is 77.4 cm³/mol. The standard InChI is InChI=1S/C16H16N2O/c1-2-11-5-3-8-15-12(6-4-7-14(11)15)9-13-10-17-18-16(13)19/h3-9,17H,2,10H2,1H3,(H,18,19)/b13-9+. The maximum Gasteiger partial charge on any atom is 0.262 e. The van der Waals surface area contributed by atoms with E-state index in [1.807, 2.05) is 12.1 Å². The first-order valence-electron chi connectivity index (χ1n) is 6.54. The molecule has 3 nitrogen and oxygen atoms in total. The van der Waals surface area contributed by atoms with Gasteiger partial charge in [-0.25, -0.2) is 5.43 Å². The molecule has 1 saturated heterocycles. The van der Waals surface area contributed by atoms with Gasteiger partial charge in [-0.2, -0.15) is 0 Å². The van der Waals surface area contributed by atoms with Gasteiger partial charge in [0.25, 0.3) is 5.91 Å². The molecule has 0 saturated carbocycles. The molecular weight excluding hydrogens is 236 g/mol. The van der Waals surface area contributed by atoms with Crippen molar-refractivity contribution in [1.82, 2.24) is 10.9 Å². The van der Waals surface area contributed by atoms with Crippen LogP contribution in [0.4, 0.5) is 0 Å². The Labute approximate surface area is 112 Å². The third-order valence-electron chi connectivity index (χ3n) is 3.53. The summed E-state index contributed by atoms with van der Waals surface area (Å²) in [4.78, 5) is 11.6. The fourth-order valence-corrected chi connectivity index (χ4v) is 2.52. The Hall–Kier alpha value is -2.13. The van der Waals surface area contributed by atoms with Gasteiger partial charge < -0.3 is 0 Å². The van der Waals surface area contributed by atoms with E-state index in [9.17, 15) is 4.79 Å². The van der Waals surface area contributed by atoms with Crippen LogP contribution in [0, 0.1) is 0 Å². The zero-order valence-electron chi connectivity index (χ0n) is 10.9. The number of rotatable bonds is 2. The first kappa shape index (κ1) is 11.9. The molecule has 0 atom stereocenters. The quantitative estimate of drug-likeness (QED) is 0.806. The molecule has 0 bridgehead atoms. The van der Waals surface area contributed by atoms with Crippen molar-refractivity contribution in [3.8, 4) is 0 Å². The van der Waals surface area contributed by atoms with Crippen molar-refractivity contribution in [1.29, 1.82) is 0 Å². The Morgan fingerprint density at radius 1 is 1.16 bits per heavy atom. The molecule has 1 fully saturated rings. The van der Waals surface area contributed by atoms with E-state index < -0.39 is 0 Å². The third-order valence-corrected chi connectivity index (χ3v) is 3.53. The van der Waals surface area contributed by atoms with Crippen LogP contribution in [-0.2, 0) is 11.2 Å². The highest BCUT2D eigenvalue weighted by atomic mass is 16.2. The van der Waals surface area contributed by atoms with Crippen molar-refractivity contribution >= 4 is 22.8 Å². The highest BCUT2D eigenvalue weighted by molar-refractivity contribution is 6.02. The summed E-state index contributed by atoms with van der Waals surface area (Å²) in [6, 6.07) is 12.6. The van der Waals surface area contributed by atoms with Crippen molar-refractivity contribution in [3.63, 3.8) is 0 Å². The van der Waals surface area contributed by atoms with Gasteiger partial charge >= 0.3 is 0 Å². The molecule has 1 amide bonds. The number of aryl methyl sites for hydroxylation is 1. The van der Waals surface area contributed by atoms with E-state index in [2.05, 4.69) is 48.1 Å². The molecule has 1 aliphatic heterocycles. The average molecular weight is 252 g/mol. The van der Waals surface area contributed by atoms with Gasteiger partial charge in [-0.05, 0) is 34.4 Å². The number of amides is 1. The van der Waals surface area contributed by atoms with E-state index in [1.165, 1.54) is 16.3 Å². The molecule has 0 aliphatic carbocycles. The van der Waals surface area contributed by atoms with Gasteiger partial charge in [-0.1, -0.05) is 43.3 Å². The predicted octanol–water partition coefficient (Wildman–Crippen LogP) is 2.42. The lowest BCUT2D eigenvalue weighted by Crippen LogP contribution is -2.25. The van der Waals surface area contributed by atoms with Crippen LogP contribution in [-0.4, -0.2) is 12.5 Å². The molecule has 0 spiro atoms. The number of hydrogen-bond acceptors (Lipinski definition) is 2. The molecule has 0 radical (unpaired) electrons. The van der Waals surface area contributed by atoms with Crippen molar-refractivity contribution in [2.24, 2.45) is 0 Å². The summed E-state index contributed by atoms with van der Waals surface area (Å²) in [6.45, 7) is 2.73. The zero-order chi connectivity index (χ0) is 13.2.